The van der Waals surface area contributed by atoms with E-state index < -0.39 is 0 Å². The largest absolute Gasteiger partial charge is 0.495 e. The van der Waals surface area contributed by atoms with Gasteiger partial charge in [-0.05, 0) is 42.7 Å². The zero-order valence-corrected chi connectivity index (χ0v) is 16.6. The van der Waals surface area contributed by atoms with Gasteiger partial charge < -0.3 is 15.4 Å². The molecule has 6 heteroatoms. The molecule has 2 aromatic carbocycles. The molecule has 1 heterocycles. The van der Waals surface area contributed by atoms with Crippen LogP contribution in [0.15, 0.2) is 60.8 Å². The summed E-state index contributed by atoms with van der Waals surface area (Å²) in [6, 6.07) is 17.2. The highest BCUT2D eigenvalue weighted by molar-refractivity contribution is 6.31. The number of nitrogens with zero attached hydrogens (tertiary/aromatic N) is 1. The topological polar surface area (TPSA) is 63.2 Å². The Balaban J connectivity index is 1.67. The summed E-state index contributed by atoms with van der Waals surface area (Å²) in [5.41, 5.74) is 3.96. The van der Waals surface area contributed by atoms with E-state index in [-0.39, 0.29) is 5.91 Å². The molecule has 0 aliphatic carbocycles. The molecule has 5 nitrogen and oxygen atoms in total. The molecule has 28 heavy (non-hydrogen) atoms. The van der Waals surface area contributed by atoms with E-state index in [1.165, 1.54) is 5.56 Å². The average molecular weight is 396 g/mol. The molecule has 0 aliphatic rings. The number of pyridine rings is 1. The van der Waals surface area contributed by atoms with Crippen molar-refractivity contribution in [1.29, 1.82) is 0 Å². The lowest BCUT2D eigenvalue weighted by atomic mass is 10.1. The smallest absolute Gasteiger partial charge is 0.269 e. The number of nitrogens with one attached hydrogen (secondary N) is 2. The number of carbonyl (C=O) groups excluding carboxylic acids is 1. The molecule has 0 aliphatic heterocycles. The maximum absolute atomic E-state index is 12.4. The molecule has 1 aromatic heterocycles. The molecule has 1 amide bonds. The van der Waals surface area contributed by atoms with Crippen LogP contribution < -0.4 is 15.4 Å². The summed E-state index contributed by atoms with van der Waals surface area (Å²) >= 11 is 6.16. The van der Waals surface area contributed by atoms with Crippen LogP contribution in [-0.2, 0) is 6.42 Å². The molecule has 2 N–H and O–H groups in total. The van der Waals surface area contributed by atoms with Crippen molar-refractivity contribution < 1.29 is 9.53 Å². The number of carbonyl (C=O) groups is 1. The summed E-state index contributed by atoms with van der Waals surface area (Å²) in [7, 11) is 1.59. The van der Waals surface area contributed by atoms with Gasteiger partial charge >= 0.3 is 0 Å². The summed E-state index contributed by atoms with van der Waals surface area (Å²) in [4.78, 5) is 16.6. The van der Waals surface area contributed by atoms with Gasteiger partial charge in [-0.2, -0.15) is 0 Å². The van der Waals surface area contributed by atoms with E-state index in [1.807, 2.05) is 43.3 Å². The van der Waals surface area contributed by atoms with Crippen molar-refractivity contribution in [2.24, 2.45) is 0 Å². The molecule has 0 saturated carbocycles. The summed E-state index contributed by atoms with van der Waals surface area (Å²) in [5.74, 6) is 0.417. The first-order valence-corrected chi connectivity index (χ1v) is 9.34. The second-order valence-electron chi connectivity index (χ2n) is 6.35. The van der Waals surface area contributed by atoms with E-state index >= 15 is 0 Å². The quantitative estimate of drug-likeness (QED) is 0.605. The standard InChI is InChI=1S/C22H22ClN3O2/c1-15-12-19(21(28-2)14-18(15)23)26-17-9-11-24-20(13-17)22(27)25-10-8-16-6-4-3-5-7-16/h3-7,9,11-14H,8,10H2,1-2H3,(H,24,26)(H,25,27). The first-order chi connectivity index (χ1) is 13.6. The average Bonchev–Trinajstić information content (AvgIpc) is 2.71. The number of aryl methyl sites for hydroxylation is 1. The van der Waals surface area contributed by atoms with Gasteiger partial charge in [0.05, 0.1) is 12.8 Å². The molecule has 0 fully saturated rings. The Morgan fingerprint density at radius 1 is 1.14 bits per heavy atom. The van der Waals surface area contributed by atoms with Crippen LogP contribution in [0.25, 0.3) is 0 Å². The molecule has 0 atom stereocenters. The Kier molecular flexibility index (Phi) is 6.50. The van der Waals surface area contributed by atoms with Gasteiger partial charge in [-0.25, -0.2) is 0 Å². The minimum atomic E-state index is -0.209. The summed E-state index contributed by atoms with van der Waals surface area (Å²) in [6.45, 7) is 2.47. The Hall–Kier alpha value is -3.05. The molecule has 0 unspecified atom stereocenters. The second kappa shape index (κ2) is 9.24. The van der Waals surface area contributed by atoms with Crippen LogP contribution in [0.1, 0.15) is 21.6 Å². The molecule has 144 valence electrons. The number of anilines is 2. The first kappa shape index (κ1) is 19.7. The minimum absolute atomic E-state index is 0.209. The van der Waals surface area contributed by atoms with Crippen molar-refractivity contribution in [2.75, 3.05) is 19.0 Å². The lowest BCUT2D eigenvalue weighted by molar-refractivity contribution is 0.0949. The number of benzene rings is 2. The fourth-order valence-corrected chi connectivity index (χ4v) is 2.93. The van der Waals surface area contributed by atoms with Crippen LogP contribution >= 0.6 is 11.6 Å². The maximum atomic E-state index is 12.4. The van der Waals surface area contributed by atoms with Crippen molar-refractivity contribution in [3.63, 3.8) is 0 Å². The number of ether oxygens (including phenoxy) is 1. The molecular weight excluding hydrogens is 374 g/mol. The number of hydrogen-bond acceptors (Lipinski definition) is 4. The SMILES string of the molecule is COc1cc(Cl)c(C)cc1Nc1ccnc(C(=O)NCCc2ccccc2)c1. The third-order valence-corrected chi connectivity index (χ3v) is 4.70. The zero-order chi connectivity index (χ0) is 19.9. The number of halogens is 1. The van der Waals surface area contributed by atoms with E-state index in [0.717, 1.165) is 23.4 Å². The van der Waals surface area contributed by atoms with Gasteiger partial charge in [-0.1, -0.05) is 41.9 Å². The van der Waals surface area contributed by atoms with Gasteiger partial charge in [-0.15, -0.1) is 0 Å². The lowest BCUT2D eigenvalue weighted by Gasteiger charge is -2.13. The summed E-state index contributed by atoms with van der Waals surface area (Å²) in [6.07, 6.45) is 2.37. The van der Waals surface area contributed by atoms with Gasteiger partial charge in [0, 0.05) is 29.5 Å². The Morgan fingerprint density at radius 3 is 2.68 bits per heavy atom. The molecule has 0 saturated heterocycles. The highest BCUT2D eigenvalue weighted by Gasteiger charge is 2.10. The van der Waals surface area contributed by atoms with Crippen molar-refractivity contribution >= 4 is 28.9 Å². The van der Waals surface area contributed by atoms with Crippen molar-refractivity contribution in [3.05, 3.63) is 82.6 Å². The van der Waals surface area contributed by atoms with Gasteiger partial charge in [0.1, 0.15) is 11.4 Å². The Bertz CT molecular complexity index is 961. The fourth-order valence-electron chi connectivity index (χ4n) is 2.77. The summed E-state index contributed by atoms with van der Waals surface area (Å²) in [5, 5.41) is 6.81. The van der Waals surface area contributed by atoms with Crippen LogP contribution in [0.2, 0.25) is 5.02 Å². The van der Waals surface area contributed by atoms with Crippen LogP contribution in [0.3, 0.4) is 0 Å². The van der Waals surface area contributed by atoms with Gasteiger partial charge in [0.2, 0.25) is 0 Å². The van der Waals surface area contributed by atoms with Gasteiger partial charge in [0.15, 0.2) is 0 Å². The third-order valence-electron chi connectivity index (χ3n) is 4.29. The number of methoxy groups -OCH3 is 1. The Morgan fingerprint density at radius 2 is 1.93 bits per heavy atom. The molecule has 3 aromatic rings. The molecule has 3 rings (SSSR count). The van der Waals surface area contributed by atoms with Crippen LogP contribution in [0.4, 0.5) is 11.4 Å². The van der Waals surface area contributed by atoms with E-state index in [4.69, 9.17) is 16.3 Å². The highest BCUT2D eigenvalue weighted by Crippen LogP contribution is 2.33. The zero-order valence-electron chi connectivity index (χ0n) is 15.8. The van der Waals surface area contributed by atoms with Crippen LogP contribution in [-0.4, -0.2) is 24.5 Å². The predicted molar refractivity (Wildman–Crippen MR) is 113 cm³/mol. The normalized spacial score (nSPS) is 10.4. The number of amides is 1. The predicted octanol–water partition coefficient (Wildman–Crippen LogP) is 4.77. The van der Waals surface area contributed by atoms with E-state index in [9.17, 15) is 4.79 Å². The van der Waals surface area contributed by atoms with Gasteiger partial charge in [0.25, 0.3) is 5.91 Å². The van der Waals surface area contributed by atoms with E-state index in [2.05, 4.69) is 15.6 Å². The number of aromatic nitrogens is 1. The first-order valence-electron chi connectivity index (χ1n) is 8.96. The molecule has 0 bridgehead atoms. The molecule has 0 radical (unpaired) electrons. The van der Waals surface area contributed by atoms with Crippen molar-refractivity contribution in [1.82, 2.24) is 10.3 Å². The lowest BCUT2D eigenvalue weighted by Crippen LogP contribution is -2.26. The highest BCUT2D eigenvalue weighted by atomic mass is 35.5. The molecular formula is C22H22ClN3O2. The van der Waals surface area contributed by atoms with Crippen molar-refractivity contribution in [2.45, 2.75) is 13.3 Å². The maximum Gasteiger partial charge on any atom is 0.269 e. The second-order valence-corrected chi connectivity index (χ2v) is 6.76. The van der Waals surface area contributed by atoms with Gasteiger partial charge in [-0.3, -0.25) is 9.78 Å². The number of rotatable bonds is 7. The van der Waals surface area contributed by atoms with E-state index in [1.54, 1.807) is 31.5 Å². The van der Waals surface area contributed by atoms with Crippen LogP contribution in [0.5, 0.6) is 5.75 Å². The number of hydrogen-bond donors (Lipinski definition) is 2. The van der Waals surface area contributed by atoms with Crippen LogP contribution in [0, 0.1) is 6.92 Å². The van der Waals surface area contributed by atoms with E-state index in [0.29, 0.717) is 23.0 Å². The Labute approximate surface area is 169 Å². The monoisotopic (exact) mass is 395 g/mol. The minimum Gasteiger partial charge on any atom is -0.495 e. The molecule has 0 spiro atoms. The fraction of sp³-hybridized carbons (Fsp3) is 0.182. The summed E-state index contributed by atoms with van der Waals surface area (Å²) < 4.78 is 5.38. The third kappa shape index (κ3) is 5.02. The van der Waals surface area contributed by atoms with Crippen molar-refractivity contribution in [3.8, 4) is 5.75 Å².